The number of hydrogen-bond donors (Lipinski definition) is 5. The zero-order valence-corrected chi connectivity index (χ0v) is 18.5. The first-order chi connectivity index (χ1) is 15.3. The molecule has 1 aliphatic rings. The predicted molar refractivity (Wildman–Crippen MR) is 121 cm³/mol. The predicted octanol–water partition coefficient (Wildman–Crippen LogP) is 2.95. The Bertz CT molecular complexity index is 1070. The highest BCUT2D eigenvalue weighted by Gasteiger charge is 2.48. The Kier molecular flexibility index (Phi) is 6.97. The summed E-state index contributed by atoms with van der Waals surface area (Å²) >= 11 is 7.97. The minimum absolute atomic E-state index is 0.290. The van der Waals surface area contributed by atoms with Gasteiger partial charge in [0.15, 0.2) is 0 Å². The van der Waals surface area contributed by atoms with E-state index >= 15 is 0 Å². The van der Waals surface area contributed by atoms with Gasteiger partial charge in [-0.1, -0.05) is 35.9 Å². The molecule has 1 heterocycles. The van der Waals surface area contributed by atoms with Crippen LogP contribution in [-0.4, -0.2) is 56.6 Å². The maximum absolute atomic E-state index is 13.2. The minimum atomic E-state index is -1.49. The van der Waals surface area contributed by atoms with Crippen molar-refractivity contribution >= 4 is 22.9 Å². The number of halogens is 2. The van der Waals surface area contributed by atoms with Crippen molar-refractivity contribution in [1.29, 1.82) is 0 Å². The van der Waals surface area contributed by atoms with Crippen molar-refractivity contribution in [1.82, 2.24) is 0 Å². The van der Waals surface area contributed by atoms with E-state index in [2.05, 4.69) is 0 Å². The highest BCUT2D eigenvalue weighted by molar-refractivity contribution is 7.15. The van der Waals surface area contributed by atoms with E-state index in [-0.39, 0.29) is 5.82 Å². The van der Waals surface area contributed by atoms with Gasteiger partial charge in [0.1, 0.15) is 11.9 Å². The van der Waals surface area contributed by atoms with Gasteiger partial charge in [-0.05, 0) is 47.0 Å². The van der Waals surface area contributed by atoms with E-state index in [4.69, 9.17) is 11.6 Å². The van der Waals surface area contributed by atoms with Crippen LogP contribution in [0.5, 0.6) is 0 Å². The Morgan fingerprint density at radius 1 is 0.844 bits per heavy atom. The van der Waals surface area contributed by atoms with E-state index < -0.39 is 42.9 Å². The van der Waals surface area contributed by atoms with Crippen LogP contribution in [0.3, 0.4) is 0 Å². The molecule has 0 saturated heterocycles. The van der Waals surface area contributed by atoms with Gasteiger partial charge in [0.25, 0.3) is 0 Å². The van der Waals surface area contributed by atoms with E-state index in [0.29, 0.717) is 17.0 Å². The number of aliphatic hydroxyl groups excluding tert-OH is 5. The summed E-state index contributed by atoms with van der Waals surface area (Å²) in [5.41, 5.74) is 2.25. The van der Waals surface area contributed by atoms with Crippen LogP contribution in [0.15, 0.2) is 54.6 Å². The van der Waals surface area contributed by atoms with Crippen LogP contribution in [-0.2, 0) is 6.42 Å². The first kappa shape index (κ1) is 23.3. The molecule has 0 unspecified atom stereocenters. The Morgan fingerprint density at radius 2 is 1.56 bits per heavy atom. The standard InChI is InChI=1S/C24H24ClFO5S/c25-18-7-3-13(20-21(28)17(11-27)22(29)24(31)23(20)30)9-14(18)10-16-6-8-19(32-16)12-1-4-15(26)5-2-12/h1-9,17,20-24,27-31H,10-11H2/t17-,20+,21-,22+,23-,24-/m0/s1. The van der Waals surface area contributed by atoms with Crippen molar-refractivity contribution in [3.05, 3.63) is 81.4 Å². The van der Waals surface area contributed by atoms with Crippen LogP contribution >= 0.6 is 22.9 Å². The molecule has 8 heteroatoms. The summed E-state index contributed by atoms with van der Waals surface area (Å²) < 4.78 is 13.2. The zero-order chi connectivity index (χ0) is 23.0. The lowest BCUT2D eigenvalue weighted by atomic mass is 9.71. The van der Waals surface area contributed by atoms with E-state index in [1.807, 2.05) is 12.1 Å². The third-order valence-electron chi connectivity index (χ3n) is 6.13. The molecule has 1 aliphatic carbocycles. The maximum atomic E-state index is 13.2. The van der Waals surface area contributed by atoms with Crippen molar-refractivity contribution in [2.75, 3.05) is 6.61 Å². The normalized spacial score (nSPS) is 28.1. The Labute approximate surface area is 194 Å². The molecule has 32 heavy (non-hydrogen) atoms. The largest absolute Gasteiger partial charge is 0.396 e. The first-order valence-electron chi connectivity index (χ1n) is 10.3. The minimum Gasteiger partial charge on any atom is -0.396 e. The fourth-order valence-corrected chi connectivity index (χ4v) is 5.54. The second kappa shape index (κ2) is 9.57. The highest BCUT2D eigenvalue weighted by atomic mass is 35.5. The molecule has 2 aromatic carbocycles. The van der Waals surface area contributed by atoms with Crippen LogP contribution in [0.25, 0.3) is 10.4 Å². The summed E-state index contributed by atoms with van der Waals surface area (Å²) in [6.45, 7) is -0.523. The van der Waals surface area contributed by atoms with Gasteiger partial charge in [-0.3, -0.25) is 0 Å². The number of aliphatic hydroxyl groups is 5. The molecule has 6 atom stereocenters. The van der Waals surface area contributed by atoms with Crippen molar-refractivity contribution in [2.24, 2.45) is 5.92 Å². The molecule has 1 saturated carbocycles. The first-order valence-corrected chi connectivity index (χ1v) is 11.5. The van der Waals surface area contributed by atoms with E-state index in [9.17, 15) is 29.9 Å². The molecular formula is C24H24ClFO5S. The molecule has 0 aliphatic heterocycles. The monoisotopic (exact) mass is 478 g/mol. The molecule has 0 bridgehead atoms. The quantitative estimate of drug-likeness (QED) is 0.388. The average Bonchev–Trinajstić information content (AvgIpc) is 3.24. The van der Waals surface area contributed by atoms with Crippen LogP contribution in [0.1, 0.15) is 21.9 Å². The fourth-order valence-electron chi connectivity index (χ4n) is 4.32. The van der Waals surface area contributed by atoms with Crippen molar-refractivity contribution < 1.29 is 29.9 Å². The fraction of sp³-hybridized carbons (Fsp3) is 0.333. The van der Waals surface area contributed by atoms with Crippen LogP contribution < -0.4 is 0 Å². The lowest BCUT2D eigenvalue weighted by Gasteiger charge is -2.43. The molecule has 5 nitrogen and oxygen atoms in total. The highest BCUT2D eigenvalue weighted by Crippen LogP contribution is 2.39. The molecule has 0 spiro atoms. The third-order valence-corrected chi connectivity index (χ3v) is 7.64. The van der Waals surface area contributed by atoms with Gasteiger partial charge < -0.3 is 25.5 Å². The maximum Gasteiger partial charge on any atom is 0.123 e. The lowest BCUT2D eigenvalue weighted by Crippen LogP contribution is -2.58. The Hall–Kier alpha value is -1.84. The van der Waals surface area contributed by atoms with Crippen molar-refractivity contribution in [2.45, 2.75) is 36.8 Å². The van der Waals surface area contributed by atoms with Crippen LogP contribution in [0, 0.1) is 11.7 Å². The lowest BCUT2D eigenvalue weighted by molar-refractivity contribution is -0.169. The summed E-state index contributed by atoms with van der Waals surface area (Å²) in [7, 11) is 0. The summed E-state index contributed by atoms with van der Waals surface area (Å²) in [5.74, 6) is -2.16. The molecule has 1 aromatic heterocycles. The Morgan fingerprint density at radius 3 is 2.25 bits per heavy atom. The molecule has 5 N–H and O–H groups in total. The van der Waals surface area contributed by atoms with Crippen LogP contribution in [0.2, 0.25) is 5.02 Å². The van der Waals surface area contributed by atoms with Crippen molar-refractivity contribution in [3.8, 4) is 10.4 Å². The van der Waals surface area contributed by atoms with Crippen LogP contribution in [0.4, 0.5) is 4.39 Å². The molecule has 0 radical (unpaired) electrons. The van der Waals surface area contributed by atoms with E-state index in [1.54, 1.807) is 41.7 Å². The number of hydrogen-bond acceptors (Lipinski definition) is 6. The summed E-state index contributed by atoms with van der Waals surface area (Å²) in [5, 5.41) is 51.6. The Balaban J connectivity index is 1.60. The smallest absolute Gasteiger partial charge is 0.123 e. The summed E-state index contributed by atoms with van der Waals surface area (Å²) in [6, 6.07) is 15.3. The van der Waals surface area contributed by atoms with Gasteiger partial charge in [0.05, 0.1) is 24.9 Å². The molecule has 3 aromatic rings. The number of rotatable bonds is 5. The molecular weight excluding hydrogens is 455 g/mol. The van der Waals surface area contributed by atoms with E-state index in [1.165, 1.54) is 12.1 Å². The molecule has 1 fully saturated rings. The van der Waals surface area contributed by atoms with Gasteiger partial charge in [0, 0.05) is 33.0 Å². The van der Waals surface area contributed by atoms with Gasteiger partial charge >= 0.3 is 0 Å². The van der Waals surface area contributed by atoms with Gasteiger partial charge in [-0.15, -0.1) is 11.3 Å². The second-order valence-electron chi connectivity index (χ2n) is 8.14. The zero-order valence-electron chi connectivity index (χ0n) is 17.0. The van der Waals surface area contributed by atoms with Gasteiger partial charge in [-0.2, -0.15) is 0 Å². The van der Waals surface area contributed by atoms with Gasteiger partial charge in [-0.25, -0.2) is 4.39 Å². The van der Waals surface area contributed by atoms with Crippen molar-refractivity contribution in [3.63, 3.8) is 0 Å². The van der Waals surface area contributed by atoms with Gasteiger partial charge in [0.2, 0.25) is 0 Å². The third kappa shape index (κ3) is 4.47. The molecule has 170 valence electrons. The molecule has 0 amide bonds. The molecule has 4 rings (SSSR count). The topological polar surface area (TPSA) is 101 Å². The van der Waals surface area contributed by atoms with E-state index in [0.717, 1.165) is 20.9 Å². The summed E-state index contributed by atoms with van der Waals surface area (Å²) in [4.78, 5) is 2.02. The second-order valence-corrected chi connectivity index (χ2v) is 9.71. The number of thiophene rings is 1. The average molecular weight is 479 g/mol. The SMILES string of the molecule is OC[C@@H]1[C@@H](O)[C@H](O)[C@@H](O)[C@H](c2ccc(Cl)c(Cc3ccc(-c4ccc(F)cc4)s3)c2)[C@H]1O. The summed E-state index contributed by atoms with van der Waals surface area (Å²) in [6.07, 6.45) is -5.05. The number of benzene rings is 2.